The Morgan fingerprint density at radius 1 is 1.19 bits per heavy atom. The molecule has 0 radical (unpaired) electrons. The molecular formula is C20H34IN3O2. The maximum absolute atomic E-state index is 5.62. The fourth-order valence-corrected chi connectivity index (χ4v) is 3.23. The SMILES string of the molecule is CN=C(NCCC(C)C)NCC1(c2ccc(OC)cc2)CCOCC1.I. The van der Waals surface area contributed by atoms with Gasteiger partial charge in [0.2, 0.25) is 0 Å². The van der Waals surface area contributed by atoms with E-state index >= 15 is 0 Å². The van der Waals surface area contributed by atoms with Gasteiger partial charge in [-0.3, -0.25) is 4.99 Å². The number of guanidine groups is 1. The van der Waals surface area contributed by atoms with Gasteiger partial charge in [-0.15, -0.1) is 24.0 Å². The molecule has 0 unspecified atom stereocenters. The van der Waals surface area contributed by atoms with E-state index in [0.717, 1.165) is 57.3 Å². The van der Waals surface area contributed by atoms with Gasteiger partial charge in [-0.2, -0.15) is 0 Å². The van der Waals surface area contributed by atoms with Crippen LogP contribution in [-0.4, -0.2) is 46.4 Å². The van der Waals surface area contributed by atoms with Gasteiger partial charge < -0.3 is 20.1 Å². The van der Waals surface area contributed by atoms with Gasteiger partial charge >= 0.3 is 0 Å². The van der Waals surface area contributed by atoms with E-state index in [2.05, 4.69) is 41.6 Å². The van der Waals surface area contributed by atoms with Crippen molar-refractivity contribution in [3.63, 3.8) is 0 Å². The van der Waals surface area contributed by atoms with Gasteiger partial charge in [-0.05, 0) is 42.9 Å². The second kappa shape index (κ2) is 11.6. The molecule has 1 heterocycles. The normalized spacial score (nSPS) is 16.7. The lowest BCUT2D eigenvalue weighted by Crippen LogP contribution is -2.48. The Bertz CT molecular complexity index is 540. The predicted molar refractivity (Wildman–Crippen MR) is 119 cm³/mol. The molecule has 0 spiro atoms. The van der Waals surface area contributed by atoms with E-state index in [9.17, 15) is 0 Å². The van der Waals surface area contributed by atoms with Crippen molar-refractivity contribution in [2.45, 2.75) is 38.5 Å². The number of nitrogens with one attached hydrogen (secondary N) is 2. The first-order chi connectivity index (χ1) is 12.1. The summed E-state index contributed by atoms with van der Waals surface area (Å²) in [4.78, 5) is 4.36. The van der Waals surface area contributed by atoms with Crippen molar-refractivity contribution >= 4 is 29.9 Å². The molecule has 148 valence electrons. The number of halogens is 1. The van der Waals surface area contributed by atoms with Crippen molar-refractivity contribution in [3.05, 3.63) is 29.8 Å². The number of aliphatic imine (C=N–C) groups is 1. The van der Waals surface area contributed by atoms with Crippen molar-refractivity contribution in [1.29, 1.82) is 0 Å². The van der Waals surface area contributed by atoms with Gasteiger partial charge in [-0.25, -0.2) is 0 Å². The molecule has 26 heavy (non-hydrogen) atoms. The van der Waals surface area contributed by atoms with Crippen LogP contribution < -0.4 is 15.4 Å². The van der Waals surface area contributed by atoms with Crippen LogP contribution in [0, 0.1) is 5.92 Å². The second-order valence-corrected chi connectivity index (χ2v) is 7.16. The molecule has 1 aliphatic heterocycles. The van der Waals surface area contributed by atoms with E-state index in [1.54, 1.807) is 7.11 Å². The Kier molecular flexibility index (Phi) is 10.3. The Labute approximate surface area is 175 Å². The lowest BCUT2D eigenvalue weighted by molar-refractivity contribution is 0.0513. The van der Waals surface area contributed by atoms with Crippen molar-refractivity contribution in [3.8, 4) is 5.75 Å². The Morgan fingerprint density at radius 3 is 2.38 bits per heavy atom. The highest BCUT2D eigenvalue weighted by Gasteiger charge is 2.34. The summed E-state index contributed by atoms with van der Waals surface area (Å²) >= 11 is 0. The average molecular weight is 475 g/mol. The summed E-state index contributed by atoms with van der Waals surface area (Å²) in [6.07, 6.45) is 3.16. The minimum Gasteiger partial charge on any atom is -0.497 e. The van der Waals surface area contributed by atoms with Crippen LogP contribution in [0.15, 0.2) is 29.3 Å². The van der Waals surface area contributed by atoms with Crippen LogP contribution in [0.4, 0.5) is 0 Å². The molecule has 1 aromatic rings. The zero-order valence-corrected chi connectivity index (χ0v) is 18.8. The molecule has 1 saturated heterocycles. The monoisotopic (exact) mass is 475 g/mol. The van der Waals surface area contributed by atoms with E-state index in [0.29, 0.717) is 5.92 Å². The third kappa shape index (κ3) is 6.61. The zero-order valence-electron chi connectivity index (χ0n) is 16.5. The molecule has 1 aromatic carbocycles. The summed E-state index contributed by atoms with van der Waals surface area (Å²) in [5.74, 6) is 2.46. The van der Waals surface area contributed by atoms with Crippen molar-refractivity contribution < 1.29 is 9.47 Å². The van der Waals surface area contributed by atoms with Crippen LogP contribution in [0.1, 0.15) is 38.7 Å². The lowest BCUT2D eigenvalue weighted by atomic mass is 9.74. The summed E-state index contributed by atoms with van der Waals surface area (Å²) in [6.45, 7) is 7.86. The van der Waals surface area contributed by atoms with Gasteiger partial charge in [-0.1, -0.05) is 26.0 Å². The minimum absolute atomic E-state index is 0. The number of benzene rings is 1. The van der Waals surface area contributed by atoms with E-state index in [-0.39, 0.29) is 29.4 Å². The molecule has 2 N–H and O–H groups in total. The van der Waals surface area contributed by atoms with E-state index in [1.807, 2.05) is 19.2 Å². The van der Waals surface area contributed by atoms with E-state index < -0.39 is 0 Å². The van der Waals surface area contributed by atoms with Gasteiger partial charge in [0, 0.05) is 38.8 Å². The highest BCUT2D eigenvalue weighted by Crippen LogP contribution is 2.35. The van der Waals surface area contributed by atoms with Gasteiger partial charge in [0.1, 0.15) is 5.75 Å². The second-order valence-electron chi connectivity index (χ2n) is 7.16. The largest absolute Gasteiger partial charge is 0.497 e. The Hall–Kier alpha value is -1.02. The molecule has 1 fully saturated rings. The number of rotatable bonds is 7. The van der Waals surface area contributed by atoms with E-state index in [1.165, 1.54) is 5.56 Å². The van der Waals surface area contributed by atoms with Gasteiger partial charge in [0.25, 0.3) is 0 Å². The molecule has 0 bridgehead atoms. The summed E-state index contributed by atoms with van der Waals surface area (Å²) < 4.78 is 10.9. The summed E-state index contributed by atoms with van der Waals surface area (Å²) in [5.41, 5.74) is 1.40. The van der Waals surface area contributed by atoms with Crippen LogP contribution in [0.3, 0.4) is 0 Å². The van der Waals surface area contributed by atoms with Crippen molar-refractivity contribution in [2.75, 3.05) is 40.5 Å². The maximum Gasteiger partial charge on any atom is 0.191 e. The number of hydrogen-bond acceptors (Lipinski definition) is 3. The van der Waals surface area contributed by atoms with Gasteiger partial charge in [0.15, 0.2) is 5.96 Å². The standard InChI is InChI=1S/C20H33N3O2.HI/c1-16(2)9-12-22-19(21-3)23-15-20(10-13-25-14-11-20)17-5-7-18(24-4)8-6-17;/h5-8,16H,9-15H2,1-4H3,(H2,21,22,23);1H. The minimum atomic E-state index is 0. The maximum atomic E-state index is 5.62. The molecule has 0 aliphatic carbocycles. The third-order valence-electron chi connectivity index (χ3n) is 4.98. The molecular weight excluding hydrogens is 441 g/mol. The fourth-order valence-electron chi connectivity index (χ4n) is 3.23. The smallest absolute Gasteiger partial charge is 0.191 e. The number of hydrogen-bond donors (Lipinski definition) is 2. The summed E-state index contributed by atoms with van der Waals surface area (Å²) in [5, 5.41) is 6.95. The molecule has 0 atom stereocenters. The quantitative estimate of drug-likeness (QED) is 0.360. The molecule has 6 heteroatoms. The zero-order chi connectivity index (χ0) is 18.1. The number of methoxy groups -OCH3 is 1. The lowest BCUT2D eigenvalue weighted by Gasteiger charge is -2.38. The molecule has 0 aromatic heterocycles. The molecule has 0 amide bonds. The van der Waals surface area contributed by atoms with Crippen LogP contribution in [-0.2, 0) is 10.2 Å². The molecule has 2 rings (SSSR count). The summed E-state index contributed by atoms with van der Waals surface area (Å²) in [6, 6.07) is 8.45. The average Bonchev–Trinajstić information content (AvgIpc) is 2.65. The van der Waals surface area contributed by atoms with Gasteiger partial charge in [0.05, 0.1) is 7.11 Å². The number of nitrogens with zero attached hydrogens (tertiary/aromatic N) is 1. The van der Waals surface area contributed by atoms with Crippen LogP contribution >= 0.6 is 24.0 Å². The Morgan fingerprint density at radius 2 is 1.85 bits per heavy atom. The third-order valence-corrected chi connectivity index (χ3v) is 4.98. The Balaban J connectivity index is 0.00000338. The highest BCUT2D eigenvalue weighted by atomic mass is 127. The highest BCUT2D eigenvalue weighted by molar-refractivity contribution is 14.0. The summed E-state index contributed by atoms with van der Waals surface area (Å²) in [7, 11) is 3.53. The first-order valence-corrected chi connectivity index (χ1v) is 9.26. The van der Waals surface area contributed by atoms with Crippen molar-refractivity contribution in [2.24, 2.45) is 10.9 Å². The van der Waals surface area contributed by atoms with E-state index in [4.69, 9.17) is 9.47 Å². The molecule has 1 aliphatic rings. The predicted octanol–water partition coefficient (Wildman–Crippen LogP) is 3.57. The fraction of sp³-hybridized carbons (Fsp3) is 0.650. The first kappa shape index (κ1) is 23.0. The number of ether oxygens (including phenoxy) is 2. The molecule has 5 nitrogen and oxygen atoms in total. The first-order valence-electron chi connectivity index (χ1n) is 9.26. The van der Waals surface area contributed by atoms with Crippen molar-refractivity contribution in [1.82, 2.24) is 10.6 Å². The van der Waals surface area contributed by atoms with Crippen LogP contribution in [0.2, 0.25) is 0 Å². The van der Waals surface area contributed by atoms with Crippen LogP contribution in [0.5, 0.6) is 5.75 Å². The van der Waals surface area contributed by atoms with Crippen LogP contribution in [0.25, 0.3) is 0 Å². The molecule has 0 saturated carbocycles. The topological polar surface area (TPSA) is 54.9 Å².